The second kappa shape index (κ2) is 6.55. The van der Waals surface area contributed by atoms with Crippen LogP contribution in [0.4, 0.5) is 0 Å². The Morgan fingerprint density at radius 1 is 1.09 bits per heavy atom. The molecule has 3 nitrogen and oxygen atoms in total. The molecule has 0 radical (unpaired) electrons. The van der Waals surface area contributed by atoms with Gasteiger partial charge in [-0.15, -0.1) is 11.6 Å². The van der Waals surface area contributed by atoms with Gasteiger partial charge in [-0.1, -0.05) is 24.3 Å². The molecule has 4 heteroatoms. The molecule has 0 amide bonds. The number of halogens is 1. The minimum absolute atomic E-state index is 0.447. The Balaban J connectivity index is 2.20. The van der Waals surface area contributed by atoms with E-state index < -0.39 is 0 Å². The second-order valence-electron chi connectivity index (χ2n) is 5.53. The molecule has 0 aliphatic rings. The van der Waals surface area contributed by atoms with Crippen molar-refractivity contribution in [1.29, 1.82) is 0 Å². The van der Waals surface area contributed by atoms with Crippen molar-refractivity contribution < 1.29 is 9.47 Å². The molecule has 0 saturated heterocycles. The zero-order valence-electron chi connectivity index (χ0n) is 13.6. The average Bonchev–Trinajstić information content (AvgIpc) is 2.88. The van der Waals surface area contributed by atoms with Gasteiger partial charge in [0.2, 0.25) is 0 Å². The fourth-order valence-electron chi connectivity index (χ4n) is 2.90. The molecule has 0 fully saturated rings. The Bertz CT molecular complexity index is 839. The van der Waals surface area contributed by atoms with Crippen molar-refractivity contribution in [2.75, 3.05) is 19.6 Å². The van der Waals surface area contributed by atoms with Gasteiger partial charge in [-0.05, 0) is 24.1 Å². The summed E-state index contributed by atoms with van der Waals surface area (Å²) >= 11 is 5.73. The van der Waals surface area contributed by atoms with Crippen LogP contribution in [0.2, 0.25) is 0 Å². The molecule has 0 bridgehead atoms. The highest BCUT2D eigenvalue weighted by atomic mass is 35.5. The Morgan fingerprint density at radius 2 is 1.87 bits per heavy atom. The fraction of sp³-hybridized carbons (Fsp3) is 0.263. The first-order chi connectivity index (χ1) is 11.2. The van der Waals surface area contributed by atoms with Crippen LogP contribution in [0, 0.1) is 6.92 Å². The van der Waals surface area contributed by atoms with E-state index in [0.29, 0.717) is 12.5 Å². The maximum absolute atomic E-state index is 5.73. The molecule has 2 aromatic carbocycles. The van der Waals surface area contributed by atoms with Crippen LogP contribution in [0.15, 0.2) is 42.6 Å². The predicted molar refractivity (Wildman–Crippen MR) is 95.9 cm³/mol. The van der Waals surface area contributed by atoms with Crippen LogP contribution in [-0.2, 0) is 7.05 Å². The highest BCUT2D eigenvalue weighted by molar-refractivity contribution is 6.18. The molecule has 3 aromatic rings. The maximum atomic E-state index is 5.73. The summed E-state index contributed by atoms with van der Waals surface area (Å²) in [6, 6.07) is 12.5. The number of aromatic nitrogens is 1. The SMILES string of the molecule is COc1cc2c(-c3ccccc3C)cn(C)c2cc1OCCCl. The van der Waals surface area contributed by atoms with Crippen molar-refractivity contribution in [1.82, 2.24) is 4.57 Å². The number of benzene rings is 2. The van der Waals surface area contributed by atoms with Crippen molar-refractivity contribution >= 4 is 22.5 Å². The largest absolute Gasteiger partial charge is 0.493 e. The summed E-state index contributed by atoms with van der Waals surface area (Å²) in [5.74, 6) is 1.89. The zero-order valence-corrected chi connectivity index (χ0v) is 14.4. The molecule has 1 aromatic heterocycles. The van der Waals surface area contributed by atoms with Gasteiger partial charge in [0.25, 0.3) is 0 Å². The lowest BCUT2D eigenvalue weighted by molar-refractivity contribution is 0.313. The topological polar surface area (TPSA) is 23.4 Å². The fourth-order valence-corrected chi connectivity index (χ4v) is 2.98. The van der Waals surface area contributed by atoms with Gasteiger partial charge in [0.15, 0.2) is 11.5 Å². The number of nitrogens with zero attached hydrogens (tertiary/aromatic N) is 1. The van der Waals surface area contributed by atoms with Gasteiger partial charge in [-0.25, -0.2) is 0 Å². The van der Waals surface area contributed by atoms with E-state index in [1.807, 2.05) is 19.2 Å². The van der Waals surface area contributed by atoms with Crippen LogP contribution in [0.25, 0.3) is 22.0 Å². The number of aryl methyl sites for hydroxylation is 2. The highest BCUT2D eigenvalue weighted by Crippen LogP contribution is 2.39. The van der Waals surface area contributed by atoms with E-state index in [1.165, 1.54) is 16.7 Å². The Labute approximate surface area is 141 Å². The lowest BCUT2D eigenvalue weighted by Crippen LogP contribution is -2.00. The molecule has 0 aliphatic carbocycles. The smallest absolute Gasteiger partial charge is 0.163 e. The molecule has 120 valence electrons. The second-order valence-corrected chi connectivity index (χ2v) is 5.90. The number of rotatable bonds is 5. The van der Waals surface area contributed by atoms with Crippen molar-refractivity contribution in [3.8, 4) is 22.6 Å². The maximum Gasteiger partial charge on any atom is 0.163 e. The number of fused-ring (bicyclic) bond motifs is 1. The Hall–Kier alpha value is -2.13. The number of hydrogen-bond donors (Lipinski definition) is 0. The molecule has 0 N–H and O–H groups in total. The van der Waals surface area contributed by atoms with E-state index in [2.05, 4.69) is 42.0 Å². The third kappa shape index (κ3) is 2.89. The standard InChI is InChI=1S/C19H20ClNO2/c1-13-6-4-5-7-14(13)16-12-21(2)17-11-19(23-9-8-20)18(22-3)10-15(16)17/h4-7,10-12H,8-9H2,1-3H3. The summed E-state index contributed by atoms with van der Waals surface area (Å²) in [5.41, 5.74) is 4.78. The van der Waals surface area contributed by atoms with Gasteiger partial charge in [0.05, 0.1) is 18.5 Å². The quantitative estimate of drug-likeness (QED) is 0.629. The normalized spacial score (nSPS) is 11.0. The molecular formula is C19H20ClNO2. The Morgan fingerprint density at radius 3 is 2.57 bits per heavy atom. The average molecular weight is 330 g/mol. The van der Waals surface area contributed by atoms with Gasteiger partial charge in [-0.2, -0.15) is 0 Å². The zero-order chi connectivity index (χ0) is 16.4. The van der Waals surface area contributed by atoms with E-state index in [9.17, 15) is 0 Å². The minimum atomic E-state index is 0.447. The molecule has 0 saturated carbocycles. The van der Waals surface area contributed by atoms with Gasteiger partial charge in [0.1, 0.15) is 6.61 Å². The number of hydrogen-bond acceptors (Lipinski definition) is 2. The first kappa shape index (κ1) is 15.8. The van der Waals surface area contributed by atoms with E-state index in [1.54, 1.807) is 7.11 Å². The van der Waals surface area contributed by atoms with Gasteiger partial charge in [0, 0.05) is 30.3 Å². The molecule has 23 heavy (non-hydrogen) atoms. The molecule has 0 atom stereocenters. The van der Waals surface area contributed by atoms with Crippen molar-refractivity contribution in [2.24, 2.45) is 7.05 Å². The summed E-state index contributed by atoms with van der Waals surface area (Å²) < 4.78 is 13.3. The van der Waals surface area contributed by atoms with Crippen molar-refractivity contribution in [3.63, 3.8) is 0 Å². The molecule has 1 heterocycles. The van der Waals surface area contributed by atoms with Gasteiger partial charge in [-0.3, -0.25) is 0 Å². The number of methoxy groups -OCH3 is 1. The molecule has 0 aliphatic heterocycles. The van der Waals surface area contributed by atoms with Crippen LogP contribution >= 0.6 is 11.6 Å². The van der Waals surface area contributed by atoms with Crippen LogP contribution in [-0.4, -0.2) is 24.2 Å². The van der Waals surface area contributed by atoms with Crippen molar-refractivity contribution in [2.45, 2.75) is 6.92 Å². The first-order valence-electron chi connectivity index (χ1n) is 7.57. The number of ether oxygens (including phenoxy) is 2. The Kier molecular flexibility index (Phi) is 4.49. The van der Waals surface area contributed by atoms with Crippen LogP contribution in [0.1, 0.15) is 5.56 Å². The predicted octanol–water partition coefficient (Wildman–Crippen LogP) is 4.78. The molecule has 0 spiro atoms. The summed E-state index contributed by atoms with van der Waals surface area (Å²) in [7, 11) is 3.70. The monoisotopic (exact) mass is 329 g/mol. The van der Waals surface area contributed by atoms with Crippen LogP contribution in [0.3, 0.4) is 0 Å². The molecule has 0 unspecified atom stereocenters. The van der Waals surface area contributed by atoms with Gasteiger partial charge < -0.3 is 14.0 Å². The summed E-state index contributed by atoms with van der Waals surface area (Å²) in [4.78, 5) is 0. The van der Waals surface area contributed by atoms with Gasteiger partial charge >= 0.3 is 0 Å². The molecular weight excluding hydrogens is 310 g/mol. The van der Waals surface area contributed by atoms with Crippen LogP contribution in [0.5, 0.6) is 11.5 Å². The first-order valence-corrected chi connectivity index (χ1v) is 8.11. The minimum Gasteiger partial charge on any atom is -0.493 e. The molecule has 3 rings (SSSR count). The van der Waals surface area contributed by atoms with Crippen molar-refractivity contribution in [3.05, 3.63) is 48.2 Å². The summed E-state index contributed by atoms with van der Waals surface area (Å²) in [6.45, 7) is 2.59. The third-order valence-corrected chi connectivity index (χ3v) is 4.20. The van der Waals surface area contributed by atoms with E-state index in [0.717, 1.165) is 22.4 Å². The highest BCUT2D eigenvalue weighted by Gasteiger charge is 2.15. The summed E-state index contributed by atoms with van der Waals surface area (Å²) in [6.07, 6.45) is 2.15. The third-order valence-electron chi connectivity index (χ3n) is 4.04. The lowest BCUT2D eigenvalue weighted by atomic mass is 10.00. The summed E-state index contributed by atoms with van der Waals surface area (Å²) in [5, 5.41) is 1.15. The number of alkyl halides is 1. The van der Waals surface area contributed by atoms with E-state index in [-0.39, 0.29) is 0 Å². The van der Waals surface area contributed by atoms with Crippen LogP contribution < -0.4 is 9.47 Å². The lowest BCUT2D eigenvalue weighted by Gasteiger charge is -2.11. The van der Waals surface area contributed by atoms with E-state index >= 15 is 0 Å². The van der Waals surface area contributed by atoms with E-state index in [4.69, 9.17) is 21.1 Å².